The lowest BCUT2D eigenvalue weighted by Crippen LogP contribution is -2.34. The summed E-state index contributed by atoms with van der Waals surface area (Å²) in [6, 6.07) is 9.02. The number of carbonyl (C=O) groups is 2. The molecular formula is C19H18FNO5. The summed E-state index contributed by atoms with van der Waals surface area (Å²) in [5.41, 5.74) is 1.57. The van der Waals surface area contributed by atoms with Gasteiger partial charge in [-0.15, -0.1) is 0 Å². The number of hydrogen-bond donors (Lipinski definition) is 3. The van der Waals surface area contributed by atoms with Gasteiger partial charge in [-0.3, -0.25) is 4.79 Å². The van der Waals surface area contributed by atoms with E-state index < -0.39 is 29.8 Å². The smallest absolute Gasteiger partial charge is 0.330 e. The van der Waals surface area contributed by atoms with Gasteiger partial charge in [0.2, 0.25) is 5.91 Å². The number of hydrogen-bond acceptors (Lipinski definition) is 4. The molecule has 1 aliphatic heterocycles. The molecule has 3 N–H and O–H groups in total. The van der Waals surface area contributed by atoms with Crippen molar-refractivity contribution in [2.75, 3.05) is 6.61 Å². The van der Waals surface area contributed by atoms with Crippen molar-refractivity contribution < 1.29 is 28.9 Å². The normalized spacial score (nSPS) is 14.8. The summed E-state index contributed by atoms with van der Waals surface area (Å²) >= 11 is 0. The minimum absolute atomic E-state index is 0.252. The fourth-order valence-corrected chi connectivity index (χ4v) is 2.90. The number of benzene rings is 2. The summed E-state index contributed by atoms with van der Waals surface area (Å²) in [4.78, 5) is 23.8. The third kappa shape index (κ3) is 4.00. The van der Waals surface area contributed by atoms with Crippen molar-refractivity contribution in [3.05, 3.63) is 65.0 Å². The van der Waals surface area contributed by atoms with Crippen LogP contribution in [0.3, 0.4) is 0 Å². The lowest BCUT2D eigenvalue weighted by molar-refractivity contribution is -0.142. The van der Waals surface area contributed by atoms with E-state index in [-0.39, 0.29) is 12.0 Å². The van der Waals surface area contributed by atoms with Crippen molar-refractivity contribution in [1.82, 2.24) is 5.32 Å². The van der Waals surface area contributed by atoms with Gasteiger partial charge in [-0.05, 0) is 41.0 Å². The molecule has 0 fully saturated rings. The zero-order valence-corrected chi connectivity index (χ0v) is 13.8. The zero-order valence-electron chi connectivity index (χ0n) is 13.8. The van der Waals surface area contributed by atoms with E-state index in [1.54, 1.807) is 18.2 Å². The number of carboxylic acids is 1. The Morgan fingerprint density at radius 2 is 2.00 bits per heavy atom. The maximum absolute atomic E-state index is 13.2. The summed E-state index contributed by atoms with van der Waals surface area (Å²) in [6.45, 7) is 0.544. The Bertz CT molecular complexity index is 838. The Morgan fingerprint density at radius 3 is 2.73 bits per heavy atom. The van der Waals surface area contributed by atoms with Gasteiger partial charge in [0.25, 0.3) is 0 Å². The number of carboxylic acid groups (broad SMARTS) is 1. The van der Waals surface area contributed by atoms with E-state index in [2.05, 4.69) is 5.32 Å². The van der Waals surface area contributed by atoms with Crippen LogP contribution < -0.4 is 10.1 Å². The van der Waals surface area contributed by atoms with Crippen LogP contribution in [0.2, 0.25) is 0 Å². The second kappa shape index (κ2) is 7.53. The fourth-order valence-electron chi connectivity index (χ4n) is 2.90. The number of rotatable bonds is 6. The number of aliphatic carboxylic acids is 1. The Balaban J connectivity index is 1.70. The first kappa shape index (κ1) is 17.9. The molecule has 3 rings (SSSR count). The molecule has 2 aromatic rings. The van der Waals surface area contributed by atoms with E-state index in [0.29, 0.717) is 24.3 Å². The van der Waals surface area contributed by atoms with Crippen LogP contribution in [0, 0.1) is 5.82 Å². The standard InChI is InChI=1S/C19H18FNO5/c20-14-3-1-2-11(9-14)15(22)10-17(23)21-18(19(24)25)13-4-5-16-12(8-13)6-7-26-16/h1-5,8-9,15,18,22H,6-7,10H2,(H,21,23)(H,24,25). The largest absolute Gasteiger partial charge is 0.493 e. The van der Waals surface area contributed by atoms with E-state index in [1.807, 2.05) is 0 Å². The van der Waals surface area contributed by atoms with Crippen LogP contribution in [0.1, 0.15) is 35.3 Å². The molecule has 0 aliphatic carbocycles. The average molecular weight is 359 g/mol. The minimum atomic E-state index is -1.24. The van der Waals surface area contributed by atoms with E-state index in [1.165, 1.54) is 18.2 Å². The van der Waals surface area contributed by atoms with Gasteiger partial charge >= 0.3 is 5.97 Å². The van der Waals surface area contributed by atoms with Crippen LogP contribution in [0.5, 0.6) is 5.75 Å². The van der Waals surface area contributed by atoms with Gasteiger partial charge in [0, 0.05) is 6.42 Å². The SMILES string of the molecule is O=C(CC(O)c1cccc(F)c1)NC(C(=O)O)c1ccc2c(c1)CCO2. The highest BCUT2D eigenvalue weighted by atomic mass is 19.1. The third-order valence-corrected chi connectivity index (χ3v) is 4.21. The molecule has 2 aromatic carbocycles. The lowest BCUT2D eigenvalue weighted by Gasteiger charge is -2.17. The van der Waals surface area contributed by atoms with Crippen LogP contribution in [0.25, 0.3) is 0 Å². The number of aliphatic hydroxyl groups excluding tert-OH is 1. The quantitative estimate of drug-likeness (QED) is 0.734. The highest BCUT2D eigenvalue weighted by Gasteiger charge is 2.25. The first-order valence-electron chi connectivity index (χ1n) is 8.15. The van der Waals surface area contributed by atoms with Gasteiger partial charge in [-0.2, -0.15) is 0 Å². The van der Waals surface area contributed by atoms with E-state index in [0.717, 1.165) is 11.6 Å². The summed E-state index contributed by atoms with van der Waals surface area (Å²) in [5.74, 6) is -1.67. The first-order valence-corrected chi connectivity index (χ1v) is 8.15. The number of nitrogens with one attached hydrogen (secondary N) is 1. The van der Waals surface area contributed by atoms with Crippen molar-refractivity contribution in [3.63, 3.8) is 0 Å². The molecular weight excluding hydrogens is 341 g/mol. The van der Waals surface area contributed by atoms with Crippen LogP contribution in [0.15, 0.2) is 42.5 Å². The van der Waals surface area contributed by atoms with Crippen molar-refractivity contribution in [1.29, 1.82) is 0 Å². The number of fused-ring (bicyclic) bond motifs is 1. The summed E-state index contributed by atoms with van der Waals surface area (Å²) in [7, 11) is 0. The number of aliphatic hydroxyl groups is 1. The third-order valence-electron chi connectivity index (χ3n) is 4.21. The molecule has 0 bridgehead atoms. The molecule has 7 heteroatoms. The number of halogens is 1. The van der Waals surface area contributed by atoms with Gasteiger partial charge in [0.15, 0.2) is 6.04 Å². The van der Waals surface area contributed by atoms with Gasteiger partial charge in [-0.1, -0.05) is 18.2 Å². The van der Waals surface area contributed by atoms with Gasteiger partial charge in [0.1, 0.15) is 11.6 Å². The van der Waals surface area contributed by atoms with Crippen LogP contribution in [0.4, 0.5) is 4.39 Å². The van der Waals surface area contributed by atoms with Crippen LogP contribution >= 0.6 is 0 Å². The fraction of sp³-hybridized carbons (Fsp3) is 0.263. The second-order valence-corrected chi connectivity index (χ2v) is 6.08. The minimum Gasteiger partial charge on any atom is -0.493 e. The van der Waals surface area contributed by atoms with Gasteiger partial charge in [-0.25, -0.2) is 9.18 Å². The molecule has 2 unspecified atom stereocenters. The van der Waals surface area contributed by atoms with E-state index >= 15 is 0 Å². The Hall–Kier alpha value is -2.93. The Kier molecular flexibility index (Phi) is 5.18. The molecule has 0 saturated carbocycles. The molecule has 1 amide bonds. The van der Waals surface area contributed by atoms with Crippen LogP contribution in [-0.4, -0.2) is 28.7 Å². The molecule has 0 saturated heterocycles. The molecule has 1 heterocycles. The monoisotopic (exact) mass is 359 g/mol. The topological polar surface area (TPSA) is 95.9 Å². The lowest BCUT2D eigenvalue weighted by atomic mass is 10.0. The van der Waals surface area contributed by atoms with Gasteiger partial charge in [0.05, 0.1) is 19.1 Å². The molecule has 6 nitrogen and oxygen atoms in total. The van der Waals surface area contributed by atoms with E-state index in [9.17, 15) is 24.2 Å². The van der Waals surface area contributed by atoms with Crippen molar-refractivity contribution >= 4 is 11.9 Å². The van der Waals surface area contributed by atoms with Crippen LogP contribution in [-0.2, 0) is 16.0 Å². The molecule has 136 valence electrons. The zero-order chi connectivity index (χ0) is 18.7. The second-order valence-electron chi connectivity index (χ2n) is 6.08. The summed E-state index contributed by atoms with van der Waals surface area (Å²) in [6.07, 6.45) is -0.920. The predicted octanol–water partition coefficient (Wildman–Crippen LogP) is 2.13. The highest BCUT2D eigenvalue weighted by molar-refractivity contribution is 5.85. The van der Waals surface area contributed by atoms with E-state index in [4.69, 9.17) is 4.74 Å². The maximum Gasteiger partial charge on any atom is 0.330 e. The molecule has 0 spiro atoms. The van der Waals surface area contributed by atoms with Crippen molar-refractivity contribution in [2.45, 2.75) is 25.0 Å². The summed E-state index contributed by atoms with van der Waals surface area (Å²) in [5, 5.41) is 21.9. The summed E-state index contributed by atoms with van der Waals surface area (Å²) < 4.78 is 18.6. The molecule has 0 aromatic heterocycles. The Morgan fingerprint density at radius 1 is 1.19 bits per heavy atom. The highest BCUT2D eigenvalue weighted by Crippen LogP contribution is 2.28. The average Bonchev–Trinajstić information content (AvgIpc) is 3.07. The number of ether oxygens (including phenoxy) is 1. The maximum atomic E-state index is 13.2. The number of amides is 1. The molecule has 0 radical (unpaired) electrons. The molecule has 2 atom stereocenters. The number of carbonyl (C=O) groups excluding carboxylic acids is 1. The van der Waals surface area contributed by atoms with Crippen molar-refractivity contribution in [2.24, 2.45) is 0 Å². The Labute approximate surface area is 149 Å². The molecule has 1 aliphatic rings. The van der Waals surface area contributed by atoms with Gasteiger partial charge < -0.3 is 20.3 Å². The molecule has 26 heavy (non-hydrogen) atoms. The predicted molar refractivity (Wildman–Crippen MR) is 90.1 cm³/mol. The first-order chi connectivity index (χ1) is 12.4. The van der Waals surface area contributed by atoms with Crippen molar-refractivity contribution in [3.8, 4) is 5.75 Å².